The molecule has 0 aliphatic rings. The highest BCUT2D eigenvalue weighted by molar-refractivity contribution is 7.99. The second-order valence-corrected chi connectivity index (χ2v) is 5.25. The molecule has 0 saturated heterocycles. The summed E-state index contributed by atoms with van der Waals surface area (Å²) in [5.41, 5.74) is 0.916. The van der Waals surface area contributed by atoms with Crippen molar-refractivity contribution in [2.45, 2.75) is 25.7 Å². The summed E-state index contributed by atoms with van der Waals surface area (Å²) in [4.78, 5) is 0. The molecule has 0 fully saturated rings. The predicted octanol–water partition coefficient (Wildman–Crippen LogP) is 2.70. The number of aliphatic hydroxyl groups is 1. The molecule has 0 bridgehead atoms. The minimum absolute atomic E-state index is 0.0868. The van der Waals surface area contributed by atoms with Gasteiger partial charge < -0.3 is 9.84 Å². The Kier molecular flexibility index (Phi) is 5.58. The van der Waals surface area contributed by atoms with Crippen LogP contribution in [0.15, 0.2) is 24.3 Å². The fourth-order valence-electron chi connectivity index (χ4n) is 1.13. The Morgan fingerprint density at radius 1 is 1.27 bits per heavy atom. The third-order valence-electron chi connectivity index (χ3n) is 1.91. The molecule has 0 atom stereocenters. The average molecular weight is 226 g/mol. The third-order valence-corrected chi connectivity index (χ3v) is 2.98. The van der Waals surface area contributed by atoms with Crippen molar-refractivity contribution in [1.82, 2.24) is 0 Å². The summed E-state index contributed by atoms with van der Waals surface area (Å²) >= 11 is 1.89. The van der Waals surface area contributed by atoms with Gasteiger partial charge in [-0.2, -0.15) is 11.8 Å². The van der Waals surface area contributed by atoms with Crippen molar-refractivity contribution in [3.63, 3.8) is 0 Å². The molecule has 0 radical (unpaired) electrons. The zero-order valence-electron chi connectivity index (χ0n) is 9.27. The Bertz CT molecular complexity index is 269. The van der Waals surface area contributed by atoms with E-state index in [1.807, 2.05) is 36.0 Å². The van der Waals surface area contributed by atoms with E-state index in [1.165, 1.54) is 0 Å². The second kappa shape index (κ2) is 6.75. The van der Waals surface area contributed by atoms with Gasteiger partial charge in [0.15, 0.2) is 0 Å². The van der Waals surface area contributed by atoms with Crippen LogP contribution in [0.4, 0.5) is 0 Å². The fraction of sp³-hybridized carbons (Fsp3) is 0.500. The van der Waals surface area contributed by atoms with Crippen molar-refractivity contribution >= 4 is 11.8 Å². The Morgan fingerprint density at radius 3 is 2.47 bits per heavy atom. The number of rotatable bonds is 6. The lowest BCUT2D eigenvalue weighted by molar-refractivity contribution is 0.281. The van der Waals surface area contributed by atoms with Crippen LogP contribution >= 0.6 is 11.8 Å². The fourth-order valence-corrected chi connectivity index (χ4v) is 1.79. The van der Waals surface area contributed by atoms with E-state index in [1.54, 1.807) is 0 Å². The van der Waals surface area contributed by atoms with Gasteiger partial charge in [0.1, 0.15) is 5.75 Å². The minimum Gasteiger partial charge on any atom is -0.493 e. The Morgan fingerprint density at radius 2 is 1.93 bits per heavy atom. The molecular formula is C12H18O2S. The van der Waals surface area contributed by atoms with Crippen molar-refractivity contribution in [3.05, 3.63) is 29.8 Å². The van der Waals surface area contributed by atoms with Gasteiger partial charge in [0.25, 0.3) is 0 Å². The van der Waals surface area contributed by atoms with Crippen molar-refractivity contribution in [2.24, 2.45) is 0 Å². The van der Waals surface area contributed by atoms with E-state index < -0.39 is 0 Å². The van der Waals surface area contributed by atoms with Crippen LogP contribution < -0.4 is 4.74 Å². The van der Waals surface area contributed by atoms with Gasteiger partial charge in [-0.3, -0.25) is 0 Å². The molecule has 0 aromatic heterocycles. The molecule has 0 unspecified atom stereocenters. The first kappa shape index (κ1) is 12.4. The standard InChI is InChI=1S/C12H18O2S/c1-10(2)15-8-7-14-12-5-3-11(9-13)4-6-12/h3-6,10,13H,7-9H2,1-2H3. The van der Waals surface area contributed by atoms with E-state index in [9.17, 15) is 0 Å². The lowest BCUT2D eigenvalue weighted by atomic mass is 10.2. The normalized spacial score (nSPS) is 10.7. The first-order chi connectivity index (χ1) is 7.22. The minimum atomic E-state index is 0.0868. The number of ether oxygens (including phenoxy) is 1. The molecule has 0 heterocycles. The summed E-state index contributed by atoms with van der Waals surface area (Å²) in [6, 6.07) is 7.55. The van der Waals surface area contributed by atoms with Gasteiger partial charge in [-0.15, -0.1) is 0 Å². The van der Waals surface area contributed by atoms with Crippen LogP contribution in [-0.2, 0) is 6.61 Å². The van der Waals surface area contributed by atoms with E-state index in [2.05, 4.69) is 13.8 Å². The maximum atomic E-state index is 8.86. The zero-order valence-corrected chi connectivity index (χ0v) is 10.1. The van der Waals surface area contributed by atoms with Gasteiger partial charge in [0.05, 0.1) is 13.2 Å². The van der Waals surface area contributed by atoms with E-state index in [0.717, 1.165) is 23.7 Å². The smallest absolute Gasteiger partial charge is 0.119 e. The zero-order chi connectivity index (χ0) is 11.1. The van der Waals surface area contributed by atoms with Crippen molar-refractivity contribution in [1.29, 1.82) is 0 Å². The van der Waals surface area contributed by atoms with Gasteiger partial charge in [0, 0.05) is 5.75 Å². The Labute approximate surface area is 95.7 Å². The lowest BCUT2D eigenvalue weighted by Gasteiger charge is -2.07. The number of benzene rings is 1. The largest absolute Gasteiger partial charge is 0.493 e. The number of hydrogen-bond donors (Lipinski definition) is 1. The Hall–Kier alpha value is -0.670. The van der Waals surface area contributed by atoms with Crippen LogP contribution in [0.5, 0.6) is 5.75 Å². The summed E-state index contributed by atoms with van der Waals surface area (Å²) in [6.45, 7) is 5.19. The van der Waals surface area contributed by atoms with Crippen LogP contribution in [0.25, 0.3) is 0 Å². The number of aliphatic hydroxyl groups excluding tert-OH is 1. The first-order valence-corrected chi connectivity index (χ1v) is 6.21. The van der Waals surface area contributed by atoms with Crippen LogP contribution in [0.1, 0.15) is 19.4 Å². The predicted molar refractivity (Wildman–Crippen MR) is 65.5 cm³/mol. The molecule has 1 aromatic rings. The third kappa shape index (κ3) is 5.09. The van der Waals surface area contributed by atoms with Crippen molar-refractivity contribution < 1.29 is 9.84 Å². The summed E-state index contributed by atoms with van der Waals surface area (Å²) in [7, 11) is 0. The molecule has 3 heteroatoms. The second-order valence-electron chi connectivity index (χ2n) is 3.57. The van der Waals surface area contributed by atoms with Gasteiger partial charge in [-0.1, -0.05) is 26.0 Å². The highest BCUT2D eigenvalue weighted by Gasteiger charge is 1.96. The van der Waals surface area contributed by atoms with E-state index in [0.29, 0.717) is 5.25 Å². The molecule has 2 nitrogen and oxygen atoms in total. The van der Waals surface area contributed by atoms with Crippen LogP contribution in [0.2, 0.25) is 0 Å². The molecule has 1 aromatic carbocycles. The van der Waals surface area contributed by atoms with Crippen LogP contribution in [-0.4, -0.2) is 22.7 Å². The molecule has 0 aliphatic heterocycles. The summed E-state index contributed by atoms with van der Waals surface area (Å²) < 4.78 is 5.55. The summed E-state index contributed by atoms with van der Waals surface area (Å²) in [5.74, 6) is 1.89. The van der Waals surface area contributed by atoms with Gasteiger partial charge in [-0.05, 0) is 22.9 Å². The maximum Gasteiger partial charge on any atom is 0.119 e. The molecule has 0 amide bonds. The first-order valence-electron chi connectivity index (χ1n) is 5.16. The maximum absolute atomic E-state index is 8.86. The molecular weight excluding hydrogens is 208 g/mol. The van der Waals surface area contributed by atoms with Gasteiger partial charge in [0.2, 0.25) is 0 Å². The van der Waals surface area contributed by atoms with E-state index in [4.69, 9.17) is 9.84 Å². The molecule has 84 valence electrons. The molecule has 1 N–H and O–H groups in total. The van der Waals surface area contributed by atoms with Gasteiger partial charge >= 0.3 is 0 Å². The highest BCUT2D eigenvalue weighted by Crippen LogP contribution is 2.13. The highest BCUT2D eigenvalue weighted by atomic mass is 32.2. The lowest BCUT2D eigenvalue weighted by Crippen LogP contribution is -2.02. The molecule has 15 heavy (non-hydrogen) atoms. The number of hydrogen-bond acceptors (Lipinski definition) is 3. The van der Waals surface area contributed by atoms with Crippen molar-refractivity contribution in [2.75, 3.05) is 12.4 Å². The van der Waals surface area contributed by atoms with E-state index >= 15 is 0 Å². The topological polar surface area (TPSA) is 29.5 Å². The number of thioether (sulfide) groups is 1. The van der Waals surface area contributed by atoms with Crippen LogP contribution in [0.3, 0.4) is 0 Å². The quantitative estimate of drug-likeness (QED) is 0.756. The average Bonchev–Trinajstić information content (AvgIpc) is 2.25. The molecule has 0 spiro atoms. The summed E-state index contributed by atoms with van der Waals surface area (Å²) in [6.07, 6.45) is 0. The molecule has 1 rings (SSSR count). The van der Waals surface area contributed by atoms with E-state index in [-0.39, 0.29) is 6.61 Å². The molecule has 0 saturated carbocycles. The van der Waals surface area contributed by atoms with Crippen molar-refractivity contribution in [3.8, 4) is 5.75 Å². The SMILES string of the molecule is CC(C)SCCOc1ccc(CO)cc1. The monoisotopic (exact) mass is 226 g/mol. The summed E-state index contributed by atoms with van der Waals surface area (Å²) in [5, 5.41) is 9.52. The van der Waals surface area contributed by atoms with Gasteiger partial charge in [-0.25, -0.2) is 0 Å². The Balaban J connectivity index is 2.25. The molecule has 0 aliphatic carbocycles. The van der Waals surface area contributed by atoms with Crippen LogP contribution in [0, 0.1) is 0 Å².